The maximum absolute atomic E-state index is 12.5. The third kappa shape index (κ3) is 3.45. The summed E-state index contributed by atoms with van der Waals surface area (Å²) >= 11 is 0. The third-order valence-electron chi connectivity index (χ3n) is 5.21. The van der Waals surface area contributed by atoms with Crippen LogP contribution in [0.3, 0.4) is 0 Å². The number of furan rings is 1. The topological polar surface area (TPSA) is 71.8 Å². The second kappa shape index (κ2) is 7.38. The van der Waals surface area contributed by atoms with E-state index in [1.54, 1.807) is 37.6 Å². The largest absolute Gasteiger partial charge is 0.464 e. The van der Waals surface area contributed by atoms with E-state index in [4.69, 9.17) is 9.15 Å². The lowest BCUT2D eigenvalue weighted by Gasteiger charge is -2.15. The molecular weight excluding hydrogens is 356 g/mol. The quantitative estimate of drug-likeness (QED) is 0.734. The third-order valence-corrected chi connectivity index (χ3v) is 5.21. The van der Waals surface area contributed by atoms with Crippen molar-refractivity contribution in [3.8, 4) is 0 Å². The van der Waals surface area contributed by atoms with Gasteiger partial charge in [-0.15, -0.1) is 0 Å². The van der Waals surface area contributed by atoms with Gasteiger partial charge in [-0.25, -0.2) is 4.79 Å². The van der Waals surface area contributed by atoms with Gasteiger partial charge in [0.05, 0.1) is 19.8 Å². The van der Waals surface area contributed by atoms with Crippen molar-refractivity contribution in [2.24, 2.45) is 0 Å². The Kier molecular flexibility index (Phi) is 4.77. The molecule has 6 nitrogen and oxygen atoms in total. The number of ether oxygens (including phenoxy) is 1. The van der Waals surface area contributed by atoms with E-state index < -0.39 is 6.09 Å². The summed E-state index contributed by atoms with van der Waals surface area (Å²) < 4.78 is 10.4. The monoisotopic (exact) mass is 378 g/mol. The Balaban J connectivity index is 1.45. The van der Waals surface area contributed by atoms with E-state index >= 15 is 0 Å². The Hall–Kier alpha value is -3.28. The summed E-state index contributed by atoms with van der Waals surface area (Å²) in [5.41, 5.74) is 5.80. The van der Waals surface area contributed by atoms with Gasteiger partial charge in [-0.05, 0) is 66.8 Å². The van der Waals surface area contributed by atoms with Crippen molar-refractivity contribution in [1.29, 1.82) is 0 Å². The van der Waals surface area contributed by atoms with Gasteiger partial charge in [0.25, 0.3) is 0 Å². The van der Waals surface area contributed by atoms with E-state index in [0.29, 0.717) is 11.4 Å². The molecule has 0 bridgehead atoms. The standard InChI is InChI=1S/C22H22N2O4/c1-24(22(26)27-2)18-8-6-17(7-9-18)23-21(25)12-16-13-28-20-11-15-5-3-4-14(15)10-19(16)20/h6-11,13H,3-5,12H2,1-2H3,(H,23,25). The molecule has 0 spiro atoms. The predicted molar refractivity (Wildman–Crippen MR) is 108 cm³/mol. The highest BCUT2D eigenvalue weighted by Gasteiger charge is 2.17. The number of carbonyl (C=O) groups excluding carboxylic acids is 2. The molecule has 0 saturated heterocycles. The molecule has 2 aromatic carbocycles. The molecule has 1 aliphatic carbocycles. The number of amides is 2. The fourth-order valence-corrected chi connectivity index (χ4v) is 3.67. The normalized spacial score (nSPS) is 12.6. The van der Waals surface area contributed by atoms with Crippen molar-refractivity contribution >= 4 is 34.3 Å². The number of anilines is 2. The fraction of sp³-hybridized carbons (Fsp3) is 0.273. The van der Waals surface area contributed by atoms with Gasteiger partial charge in [0.1, 0.15) is 5.58 Å². The van der Waals surface area contributed by atoms with Crippen LogP contribution in [0.2, 0.25) is 0 Å². The van der Waals surface area contributed by atoms with Gasteiger partial charge in [-0.1, -0.05) is 0 Å². The SMILES string of the molecule is COC(=O)N(C)c1ccc(NC(=O)Cc2coc3cc4c(cc23)CCC4)cc1. The number of hydrogen-bond donors (Lipinski definition) is 1. The summed E-state index contributed by atoms with van der Waals surface area (Å²) in [5.74, 6) is -0.114. The number of fused-ring (bicyclic) bond motifs is 2. The lowest BCUT2D eigenvalue weighted by molar-refractivity contribution is -0.115. The minimum absolute atomic E-state index is 0.114. The van der Waals surface area contributed by atoms with Gasteiger partial charge in [0.2, 0.25) is 5.91 Å². The summed E-state index contributed by atoms with van der Waals surface area (Å²) in [5, 5.41) is 3.91. The summed E-state index contributed by atoms with van der Waals surface area (Å²) in [6.07, 6.45) is 4.84. The van der Waals surface area contributed by atoms with Crippen molar-refractivity contribution in [3.05, 3.63) is 59.4 Å². The maximum Gasteiger partial charge on any atom is 0.413 e. The van der Waals surface area contributed by atoms with Gasteiger partial charge < -0.3 is 14.5 Å². The number of aryl methyl sites for hydroxylation is 2. The summed E-state index contributed by atoms with van der Waals surface area (Å²) in [4.78, 5) is 25.4. The molecule has 0 aliphatic heterocycles. The molecular formula is C22H22N2O4. The molecule has 0 fully saturated rings. The molecule has 0 saturated carbocycles. The van der Waals surface area contributed by atoms with Gasteiger partial charge in [0.15, 0.2) is 0 Å². The number of carbonyl (C=O) groups is 2. The van der Waals surface area contributed by atoms with Crippen molar-refractivity contribution in [3.63, 3.8) is 0 Å². The molecule has 1 heterocycles. The number of benzene rings is 2. The Labute approximate surface area is 163 Å². The van der Waals surface area contributed by atoms with E-state index in [1.807, 2.05) is 0 Å². The number of nitrogens with zero attached hydrogens (tertiary/aromatic N) is 1. The average molecular weight is 378 g/mol. The number of hydrogen-bond acceptors (Lipinski definition) is 4. The fourth-order valence-electron chi connectivity index (χ4n) is 3.67. The zero-order chi connectivity index (χ0) is 19.7. The van der Waals surface area contributed by atoms with E-state index in [1.165, 1.54) is 29.6 Å². The Morgan fingerprint density at radius 2 is 1.86 bits per heavy atom. The van der Waals surface area contributed by atoms with Crippen LogP contribution in [0.15, 0.2) is 47.1 Å². The molecule has 1 aromatic heterocycles. The molecule has 6 heteroatoms. The molecule has 2 amide bonds. The summed E-state index contributed by atoms with van der Waals surface area (Å²) in [6.45, 7) is 0. The van der Waals surface area contributed by atoms with Crippen LogP contribution in [0.4, 0.5) is 16.2 Å². The van der Waals surface area contributed by atoms with Crippen LogP contribution in [0.25, 0.3) is 11.0 Å². The van der Waals surface area contributed by atoms with Crippen molar-refractivity contribution in [2.75, 3.05) is 24.4 Å². The van der Waals surface area contributed by atoms with Crippen LogP contribution in [0, 0.1) is 0 Å². The van der Waals surface area contributed by atoms with Crippen LogP contribution in [-0.4, -0.2) is 26.2 Å². The molecule has 1 N–H and O–H groups in total. The second-order valence-electron chi connectivity index (χ2n) is 7.03. The first kappa shape index (κ1) is 18.1. The van der Waals surface area contributed by atoms with E-state index in [2.05, 4.69) is 17.4 Å². The minimum atomic E-state index is -0.449. The molecule has 4 rings (SSSR count). The number of nitrogens with one attached hydrogen (secondary N) is 1. The highest BCUT2D eigenvalue weighted by molar-refractivity contribution is 5.96. The first-order valence-corrected chi connectivity index (χ1v) is 9.28. The van der Waals surface area contributed by atoms with E-state index in [0.717, 1.165) is 29.4 Å². The molecule has 0 unspecified atom stereocenters. The number of methoxy groups -OCH3 is 1. The zero-order valence-electron chi connectivity index (χ0n) is 16.0. The van der Waals surface area contributed by atoms with Crippen LogP contribution < -0.4 is 10.2 Å². The first-order chi connectivity index (χ1) is 13.5. The van der Waals surface area contributed by atoms with Gasteiger partial charge in [0, 0.05) is 29.4 Å². The van der Waals surface area contributed by atoms with Crippen LogP contribution in [-0.2, 0) is 28.8 Å². The Morgan fingerprint density at radius 1 is 1.14 bits per heavy atom. The Bertz CT molecular complexity index is 1040. The zero-order valence-corrected chi connectivity index (χ0v) is 16.0. The van der Waals surface area contributed by atoms with Crippen molar-refractivity contribution in [2.45, 2.75) is 25.7 Å². The van der Waals surface area contributed by atoms with Gasteiger partial charge >= 0.3 is 6.09 Å². The number of rotatable bonds is 4. The molecule has 3 aromatic rings. The highest BCUT2D eigenvalue weighted by Crippen LogP contribution is 2.30. The second-order valence-corrected chi connectivity index (χ2v) is 7.03. The van der Waals surface area contributed by atoms with Gasteiger partial charge in [-0.3, -0.25) is 9.69 Å². The predicted octanol–water partition coefficient (Wildman–Crippen LogP) is 4.31. The van der Waals surface area contributed by atoms with Crippen LogP contribution >= 0.6 is 0 Å². The van der Waals surface area contributed by atoms with Crippen LogP contribution in [0.1, 0.15) is 23.1 Å². The molecule has 0 radical (unpaired) electrons. The smallest absolute Gasteiger partial charge is 0.413 e. The molecule has 144 valence electrons. The summed E-state index contributed by atoms with van der Waals surface area (Å²) in [7, 11) is 2.96. The lowest BCUT2D eigenvalue weighted by Crippen LogP contribution is -2.25. The average Bonchev–Trinajstić information content (AvgIpc) is 3.32. The van der Waals surface area contributed by atoms with E-state index in [9.17, 15) is 9.59 Å². The first-order valence-electron chi connectivity index (χ1n) is 9.28. The lowest BCUT2D eigenvalue weighted by atomic mass is 10.0. The van der Waals surface area contributed by atoms with Crippen molar-refractivity contribution in [1.82, 2.24) is 0 Å². The van der Waals surface area contributed by atoms with E-state index in [-0.39, 0.29) is 12.3 Å². The summed E-state index contributed by atoms with van der Waals surface area (Å²) in [6, 6.07) is 11.3. The molecule has 1 aliphatic rings. The maximum atomic E-state index is 12.5. The van der Waals surface area contributed by atoms with Gasteiger partial charge in [-0.2, -0.15) is 0 Å². The van der Waals surface area contributed by atoms with Crippen LogP contribution in [0.5, 0.6) is 0 Å². The minimum Gasteiger partial charge on any atom is -0.464 e. The molecule has 0 atom stereocenters. The highest BCUT2D eigenvalue weighted by atomic mass is 16.5. The van der Waals surface area contributed by atoms with Crippen molar-refractivity contribution < 1.29 is 18.7 Å². The molecule has 28 heavy (non-hydrogen) atoms. The Morgan fingerprint density at radius 3 is 2.57 bits per heavy atom.